The monoisotopic (exact) mass is 294 g/mol. The van der Waals surface area contributed by atoms with E-state index in [9.17, 15) is 8.78 Å². The van der Waals surface area contributed by atoms with Gasteiger partial charge in [-0.25, -0.2) is 8.78 Å². The van der Waals surface area contributed by atoms with Gasteiger partial charge in [0.05, 0.1) is 5.69 Å². The number of likely N-dealkylation sites (tertiary alicyclic amines) is 1. The molecule has 2 unspecified atom stereocenters. The van der Waals surface area contributed by atoms with Crippen molar-refractivity contribution in [1.82, 2.24) is 4.90 Å². The molecule has 21 heavy (non-hydrogen) atoms. The molecule has 2 nitrogen and oxygen atoms in total. The van der Waals surface area contributed by atoms with Crippen molar-refractivity contribution in [3.05, 3.63) is 29.8 Å². The number of rotatable bonds is 3. The second kappa shape index (κ2) is 5.91. The lowest BCUT2D eigenvalue weighted by atomic mass is 9.73. The Kier molecular flexibility index (Phi) is 4.16. The number of fused-ring (bicyclic) bond motifs is 2. The van der Waals surface area contributed by atoms with E-state index in [0.717, 1.165) is 13.1 Å². The van der Waals surface area contributed by atoms with Gasteiger partial charge in [0.2, 0.25) is 0 Å². The van der Waals surface area contributed by atoms with E-state index in [1.807, 2.05) is 0 Å². The molecule has 0 amide bonds. The lowest BCUT2D eigenvalue weighted by molar-refractivity contribution is 0.0517. The molecule has 4 heteroatoms. The molecular formula is C17H24F2N2. The number of piperidine rings is 1. The molecule has 1 aliphatic carbocycles. The molecule has 1 aromatic carbocycles. The smallest absolute Gasteiger partial charge is 0.146 e. The maximum absolute atomic E-state index is 13.9. The highest BCUT2D eigenvalue weighted by atomic mass is 19.1. The van der Waals surface area contributed by atoms with Gasteiger partial charge in [0.15, 0.2) is 0 Å². The number of benzene rings is 1. The van der Waals surface area contributed by atoms with Crippen LogP contribution in [0.5, 0.6) is 0 Å². The van der Waals surface area contributed by atoms with Crippen LogP contribution in [0.15, 0.2) is 18.2 Å². The number of nitrogens with one attached hydrogen (secondary N) is 1. The Balaban J connectivity index is 1.78. The second-order valence-corrected chi connectivity index (χ2v) is 6.79. The van der Waals surface area contributed by atoms with E-state index in [2.05, 4.69) is 24.1 Å². The molecule has 3 rings (SSSR count). The molecular weight excluding hydrogens is 270 g/mol. The van der Waals surface area contributed by atoms with Crippen molar-refractivity contribution in [2.45, 2.75) is 45.2 Å². The van der Waals surface area contributed by atoms with Crippen molar-refractivity contribution in [2.24, 2.45) is 11.8 Å². The van der Waals surface area contributed by atoms with Crippen molar-refractivity contribution in [3.63, 3.8) is 0 Å². The van der Waals surface area contributed by atoms with Gasteiger partial charge in [0.25, 0.3) is 0 Å². The summed E-state index contributed by atoms with van der Waals surface area (Å²) in [5, 5.41) is 3.31. The lowest BCUT2D eigenvalue weighted by Crippen LogP contribution is -2.56. The molecule has 1 aromatic rings. The lowest BCUT2D eigenvalue weighted by Gasteiger charge is -2.49. The van der Waals surface area contributed by atoms with Gasteiger partial charge in [-0.15, -0.1) is 0 Å². The maximum atomic E-state index is 13.9. The molecule has 1 N–H and O–H groups in total. The van der Waals surface area contributed by atoms with E-state index in [4.69, 9.17) is 0 Å². The zero-order chi connectivity index (χ0) is 15.0. The van der Waals surface area contributed by atoms with Crippen LogP contribution in [0.2, 0.25) is 0 Å². The van der Waals surface area contributed by atoms with Gasteiger partial charge in [0, 0.05) is 25.2 Å². The molecule has 0 aromatic heterocycles. The largest absolute Gasteiger partial charge is 0.379 e. The van der Waals surface area contributed by atoms with E-state index < -0.39 is 0 Å². The summed E-state index contributed by atoms with van der Waals surface area (Å²) in [6.45, 7) is 6.58. The third-order valence-electron chi connectivity index (χ3n) is 5.08. The summed E-state index contributed by atoms with van der Waals surface area (Å²) in [4.78, 5) is 2.52. The average molecular weight is 294 g/mol. The molecule has 116 valence electrons. The predicted octanol–water partition coefficient (Wildman–Crippen LogP) is 3.89. The fourth-order valence-corrected chi connectivity index (χ4v) is 3.92. The molecule has 2 atom stereocenters. The minimum Gasteiger partial charge on any atom is -0.379 e. The van der Waals surface area contributed by atoms with E-state index in [1.165, 1.54) is 37.5 Å². The molecule has 0 spiro atoms. The first-order chi connectivity index (χ1) is 10.0. The van der Waals surface area contributed by atoms with Gasteiger partial charge < -0.3 is 10.2 Å². The minimum absolute atomic E-state index is 0.269. The zero-order valence-corrected chi connectivity index (χ0v) is 12.8. The molecule has 2 aliphatic rings. The van der Waals surface area contributed by atoms with Crippen LogP contribution in [-0.4, -0.2) is 30.1 Å². The highest BCUT2D eigenvalue weighted by Crippen LogP contribution is 2.37. The topological polar surface area (TPSA) is 15.3 Å². The molecule has 2 fully saturated rings. The molecule has 1 heterocycles. The summed E-state index contributed by atoms with van der Waals surface area (Å²) in [5.41, 5.74) is 0.315. The average Bonchev–Trinajstić information content (AvgIpc) is 2.42. The summed E-state index contributed by atoms with van der Waals surface area (Å²) in [7, 11) is 0. The Morgan fingerprint density at radius 1 is 1.14 bits per heavy atom. The van der Waals surface area contributed by atoms with E-state index in [0.29, 0.717) is 23.6 Å². The highest BCUT2D eigenvalue weighted by molar-refractivity contribution is 5.46. The fraction of sp³-hybridized carbons (Fsp3) is 0.647. The molecule has 2 bridgehead atoms. The first kappa shape index (κ1) is 14.8. The van der Waals surface area contributed by atoms with Gasteiger partial charge >= 0.3 is 0 Å². The van der Waals surface area contributed by atoms with Crippen LogP contribution in [0.4, 0.5) is 14.5 Å². The van der Waals surface area contributed by atoms with Crippen LogP contribution in [0.3, 0.4) is 0 Å². The summed E-state index contributed by atoms with van der Waals surface area (Å²) < 4.78 is 27.2. The van der Waals surface area contributed by atoms with Gasteiger partial charge in [-0.05, 0) is 56.7 Å². The minimum atomic E-state index is -0.385. The van der Waals surface area contributed by atoms with Gasteiger partial charge in [-0.3, -0.25) is 0 Å². The zero-order valence-electron chi connectivity index (χ0n) is 12.8. The van der Waals surface area contributed by atoms with E-state index in [-0.39, 0.29) is 17.7 Å². The van der Waals surface area contributed by atoms with Crippen molar-refractivity contribution in [1.29, 1.82) is 0 Å². The predicted molar refractivity (Wildman–Crippen MR) is 81.3 cm³/mol. The summed E-state index contributed by atoms with van der Waals surface area (Å²) in [5.74, 6) is 0.314. The van der Waals surface area contributed by atoms with Crippen molar-refractivity contribution in [3.8, 4) is 0 Å². The Bertz CT molecular complexity index is 490. The Labute approximate surface area is 125 Å². The molecule has 1 aliphatic heterocycles. The highest BCUT2D eigenvalue weighted by Gasteiger charge is 2.40. The Hall–Kier alpha value is -1.16. The standard InChI is InChI=1S/C17H24F2N2/c1-11(2)21-9-12-4-3-5-13(10-21)17(12)20-16-8-14(18)6-7-15(16)19/h6-8,11-13,17,20H,3-5,9-10H2,1-2H3. The second-order valence-electron chi connectivity index (χ2n) is 6.79. The molecule has 1 saturated carbocycles. The third kappa shape index (κ3) is 3.05. The van der Waals surface area contributed by atoms with Crippen molar-refractivity contribution >= 4 is 5.69 Å². The summed E-state index contributed by atoms with van der Waals surface area (Å²) in [6.07, 6.45) is 3.60. The number of hydrogen-bond donors (Lipinski definition) is 1. The van der Waals surface area contributed by atoms with Crippen molar-refractivity contribution in [2.75, 3.05) is 18.4 Å². The van der Waals surface area contributed by atoms with Crippen LogP contribution in [0, 0.1) is 23.5 Å². The normalized spacial score (nSPS) is 29.7. The SMILES string of the molecule is CC(C)N1CC2CCCC(C1)C2Nc1cc(F)ccc1F. The molecule has 1 saturated heterocycles. The Morgan fingerprint density at radius 3 is 2.43 bits per heavy atom. The van der Waals surface area contributed by atoms with E-state index in [1.54, 1.807) is 0 Å². The van der Waals surface area contributed by atoms with Crippen LogP contribution >= 0.6 is 0 Å². The quantitative estimate of drug-likeness (QED) is 0.910. The Morgan fingerprint density at radius 2 is 1.81 bits per heavy atom. The first-order valence-corrected chi connectivity index (χ1v) is 8.00. The van der Waals surface area contributed by atoms with Gasteiger partial charge in [0.1, 0.15) is 11.6 Å². The maximum Gasteiger partial charge on any atom is 0.146 e. The van der Waals surface area contributed by atoms with Crippen LogP contribution in [0.1, 0.15) is 33.1 Å². The number of halogens is 2. The summed E-state index contributed by atoms with van der Waals surface area (Å²) >= 11 is 0. The molecule has 0 radical (unpaired) electrons. The number of anilines is 1. The fourth-order valence-electron chi connectivity index (χ4n) is 3.92. The third-order valence-corrected chi connectivity index (χ3v) is 5.08. The van der Waals surface area contributed by atoms with Gasteiger partial charge in [-0.1, -0.05) is 6.42 Å². The number of nitrogens with zero attached hydrogens (tertiary/aromatic N) is 1. The van der Waals surface area contributed by atoms with E-state index >= 15 is 0 Å². The van der Waals surface area contributed by atoms with Crippen molar-refractivity contribution < 1.29 is 8.78 Å². The first-order valence-electron chi connectivity index (χ1n) is 8.00. The summed E-state index contributed by atoms with van der Waals surface area (Å²) in [6, 6.07) is 4.48. The van der Waals surface area contributed by atoms with Crippen LogP contribution in [0.25, 0.3) is 0 Å². The van der Waals surface area contributed by atoms with Crippen LogP contribution < -0.4 is 5.32 Å². The number of hydrogen-bond acceptors (Lipinski definition) is 2. The van der Waals surface area contributed by atoms with Crippen LogP contribution in [-0.2, 0) is 0 Å². The van der Waals surface area contributed by atoms with Gasteiger partial charge in [-0.2, -0.15) is 0 Å².